The average Bonchev–Trinajstić information content (AvgIpc) is 2.18. The number of rotatable bonds is 4. The van der Waals surface area contributed by atoms with E-state index in [1.165, 1.54) is 0 Å². The number of hydrogen-bond donors (Lipinski definition) is 2. The standard InChI is InChI=1S/C9H16N4O/c1-9(2,6-14-3)8-11-5-4-7(12-8)13-10/h4-5H,6,10H2,1-3H3,(H,11,12,13). The molecule has 0 saturated carbocycles. The molecule has 5 nitrogen and oxygen atoms in total. The summed E-state index contributed by atoms with van der Waals surface area (Å²) in [6.07, 6.45) is 1.68. The number of nitrogens with zero attached hydrogens (tertiary/aromatic N) is 2. The van der Waals surface area contributed by atoms with Crippen LogP contribution in [0.15, 0.2) is 12.3 Å². The van der Waals surface area contributed by atoms with Gasteiger partial charge in [0.2, 0.25) is 0 Å². The Hall–Kier alpha value is -1.20. The molecule has 0 aliphatic rings. The Balaban J connectivity index is 2.93. The molecule has 78 valence electrons. The number of methoxy groups -OCH3 is 1. The quantitative estimate of drug-likeness (QED) is 0.547. The normalized spacial score (nSPS) is 11.4. The summed E-state index contributed by atoms with van der Waals surface area (Å²) in [6, 6.07) is 1.71. The van der Waals surface area contributed by atoms with Crippen LogP contribution >= 0.6 is 0 Å². The van der Waals surface area contributed by atoms with Crippen LogP contribution in [-0.4, -0.2) is 23.7 Å². The van der Waals surface area contributed by atoms with Crippen molar-refractivity contribution in [3.05, 3.63) is 18.1 Å². The van der Waals surface area contributed by atoms with Crippen molar-refractivity contribution in [3.8, 4) is 0 Å². The molecule has 0 amide bonds. The van der Waals surface area contributed by atoms with Crippen LogP contribution in [0.3, 0.4) is 0 Å². The van der Waals surface area contributed by atoms with Gasteiger partial charge in [-0.3, -0.25) is 0 Å². The second kappa shape index (κ2) is 4.34. The highest BCUT2D eigenvalue weighted by atomic mass is 16.5. The predicted molar refractivity (Wildman–Crippen MR) is 54.7 cm³/mol. The van der Waals surface area contributed by atoms with Gasteiger partial charge in [-0.2, -0.15) is 0 Å². The first-order valence-electron chi connectivity index (χ1n) is 4.39. The van der Waals surface area contributed by atoms with Gasteiger partial charge in [0.1, 0.15) is 11.6 Å². The first-order chi connectivity index (χ1) is 6.60. The highest BCUT2D eigenvalue weighted by molar-refractivity contribution is 5.31. The van der Waals surface area contributed by atoms with Crippen LogP contribution in [0.2, 0.25) is 0 Å². The summed E-state index contributed by atoms with van der Waals surface area (Å²) in [5.74, 6) is 6.59. The topological polar surface area (TPSA) is 73.1 Å². The molecular formula is C9H16N4O. The highest BCUT2D eigenvalue weighted by Crippen LogP contribution is 2.20. The van der Waals surface area contributed by atoms with Gasteiger partial charge in [0, 0.05) is 24.8 Å². The Morgan fingerprint density at radius 2 is 2.29 bits per heavy atom. The van der Waals surface area contributed by atoms with Gasteiger partial charge < -0.3 is 10.2 Å². The lowest BCUT2D eigenvalue weighted by Gasteiger charge is -2.21. The molecule has 0 radical (unpaired) electrons. The summed E-state index contributed by atoms with van der Waals surface area (Å²) < 4.78 is 5.10. The third-order valence-electron chi connectivity index (χ3n) is 1.91. The zero-order chi connectivity index (χ0) is 10.6. The maximum atomic E-state index is 5.26. The van der Waals surface area contributed by atoms with E-state index in [0.29, 0.717) is 12.4 Å². The minimum Gasteiger partial charge on any atom is -0.384 e. The highest BCUT2D eigenvalue weighted by Gasteiger charge is 2.23. The van der Waals surface area contributed by atoms with Crippen LogP contribution in [0.25, 0.3) is 0 Å². The number of hydrazine groups is 1. The van der Waals surface area contributed by atoms with Gasteiger partial charge in [0.05, 0.1) is 6.61 Å². The van der Waals surface area contributed by atoms with Crippen molar-refractivity contribution in [3.63, 3.8) is 0 Å². The molecule has 5 heteroatoms. The fraction of sp³-hybridized carbons (Fsp3) is 0.556. The predicted octanol–water partition coefficient (Wildman–Crippen LogP) is 0.686. The Kier molecular flexibility index (Phi) is 3.38. The molecule has 0 aromatic carbocycles. The fourth-order valence-corrected chi connectivity index (χ4v) is 1.19. The molecule has 0 spiro atoms. The van der Waals surface area contributed by atoms with E-state index >= 15 is 0 Å². The molecular weight excluding hydrogens is 180 g/mol. The van der Waals surface area contributed by atoms with Crippen molar-refractivity contribution in [2.75, 3.05) is 19.1 Å². The Labute approximate surface area is 83.7 Å². The van der Waals surface area contributed by atoms with Crippen LogP contribution < -0.4 is 11.3 Å². The van der Waals surface area contributed by atoms with Gasteiger partial charge in [-0.05, 0) is 0 Å². The number of ether oxygens (including phenoxy) is 1. The lowest BCUT2D eigenvalue weighted by Crippen LogP contribution is -2.27. The van der Waals surface area contributed by atoms with Gasteiger partial charge in [0.25, 0.3) is 0 Å². The molecule has 0 atom stereocenters. The number of nitrogen functional groups attached to an aromatic ring is 1. The molecule has 1 aromatic rings. The molecule has 3 N–H and O–H groups in total. The van der Waals surface area contributed by atoms with E-state index in [0.717, 1.165) is 5.82 Å². The Morgan fingerprint density at radius 1 is 1.57 bits per heavy atom. The number of aromatic nitrogens is 2. The van der Waals surface area contributed by atoms with E-state index < -0.39 is 0 Å². The Bertz CT molecular complexity index is 301. The third-order valence-corrected chi connectivity index (χ3v) is 1.91. The maximum Gasteiger partial charge on any atom is 0.143 e. The van der Waals surface area contributed by atoms with Gasteiger partial charge in [0.15, 0.2) is 0 Å². The maximum absolute atomic E-state index is 5.26. The molecule has 0 aliphatic heterocycles. The summed E-state index contributed by atoms with van der Waals surface area (Å²) in [6.45, 7) is 4.61. The lowest BCUT2D eigenvalue weighted by atomic mass is 9.94. The van der Waals surface area contributed by atoms with E-state index in [9.17, 15) is 0 Å². The minimum absolute atomic E-state index is 0.207. The first kappa shape index (κ1) is 10.9. The molecule has 14 heavy (non-hydrogen) atoms. The molecule has 1 rings (SSSR count). The first-order valence-corrected chi connectivity index (χ1v) is 4.39. The molecule has 0 saturated heterocycles. The number of nitrogens with two attached hydrogens (primary N) is 1. The largest absolute Gasteiger partial charge is 0.384 e. The second-order valence-electron chi connectivity index (χ2n) is 3.73. The second-order valence-corrected chi connectivity index (χ2v) is 3.73. The fourth-order valence-electron chi connectivity index (χ4n) is 1.19. The van der Waals surface area contributed by atoms with Crippen molar-refractivity contribution in [2.45, 2.75) is 19.3 Å². The monoisotopic (exact) mass is 196 g/mol. The Morgan fingerprint density at radius 3 is 2.86 bits per heavy atom. The summed E-state index contributed by atoms with van der Waals surface area (Å²) >= 11 is 0. The van der Waals surface area contributed by atoms with Crippen molar-refractivity contribution in [2.24, 2.45) is 5.84 Å². The molecule has 0 unspecified atom stereocenters. The van der Waals surface area contributed by atoms with Crippen LogP contribution in [0.4, 0.5) is 5.82 Å². The van der Waals surface area contributed by atoms with E-state index in [2.05, 4.69) is 15.4 Å². The summed E-state index contributed by atoms with van der Waals surface area (Å²) in [4.78, 5) is 8.45. The van der Waals surface area contributed by atoms with Crippen LogP contribution in [0.5, 0.6) is 0 Å². The SMILES string of the molecule is COCC(C)(C)c1nccc(NN)n1. The van der Waals surface area contributed by atoms with Crippen molar-refractivity contribution in [1.29, 1.82) is 0 Å². The molecule has 1 heterocycles. The zero-order valence-electron chi connectivity index (χ0n) is 8.74. The molecule has 0 fully saturated rings. The van der Waals surface area contributed by atoms with E-state index in [1.54, 1.807) is 19.4 Å². The summed E-state index contributed by atoms with van der Waals surface area (Å²) in [5.41, 5.74) is 2.28. The van der Waals surface area contributed by atoms with Crippen LogP contribution in [0, 0.1) is 0 Å². The zero-order valence-corrected chi connectivity index (χ0v) is 8.74. The van der Waals surface area contributed by atoms with Gasteiger partial charge in [-0.15, -0.1) is 0 Å². The molecule has 0 aliphatic carbocycles. The summed E-state index contributed by atoms with van der Waals surface area (Å²) in [5, 5.41) is 0. The van der Waals surface area contributed by atoms with Crippen molar-refractivity contribution in [1.82, 2.24) is 9.97 Å². The van der Waals surface area contributed by atoms with E-state index in [-0.39, 0.29) is 5.41 Å². The third kappa shape index (κ3) is 2.40. The average molecular weight is 196 g/mol. The number of hydrogen-bond acceptors (Lipinski definition) is 5. The smallest absolute Gasteiger partial charge is 0.143 e. The van der Waals surface area contributed by atoms with Crippen LogP contribution in [0.1, 0.15) is 19.7 Å². The van der Waals surface area contributed by atoms with Gasteiger partial charge in [-0.1, -0.05) is 13.8 Å². The minimum atomic E-state index is -0.207. The summed E-state index contributed by atoms with van der Waals surface area (Å²) in [7, 11) is 1.66. The molecule has 1 aromatic heterocycles. The van der Waals surface area contributed by atoms with Crippen molar-refractivity contribution < 1.29 is 4.74 Å². The van der Waals surface area contributed by atoms with E-state index in [1.807, 2.05) is 13.8 Å². The lowest BCUT2D eigenvalue weighted by molar-refractivity contribution is 0.142. The number of nitrogens with one attached hydrogen (secondary N) is 1. The van der Waals surface area contributed by atoms with Crippen molar-refractivity contribution >= 4 is 5.82 Å². The van der Waals surface area contributed by atoms with Gasteiger partial charge in [-0.25, -0.2) is 15.8 Å². The van der Waals surface area contributed by atoms with Gasteiger partial charge >= 0.3 is 0 Å². The number of anilines is 1. The van der Waals surface area contributed by atoms with Crippen LogP contribution in [-0.2, 0) is 10.2 Å². The molecule has 0 bridgehead atoms. The van der Waals surface area contributed by atoms with E-state index in [4.69, 9.17) is 10.6 Å².